The Kier molecular flexibility index (Phi) is 4.57. The Hall–Kier alpha value is -2.55. The van der Waals surface area contributed by atoms with E-state index in [2.05, 4.69) is 15.3 Å². The smallest absolute Gasteiger partial charge is 0.353 e. The highest BCUT2D eigenvalue weighted by atomic mass is 19.4. The van der Waals surface area contributed by atoms with E-state index in [1.807, 2.05) is 0 Å². The summed E-state index contributed by atoms with van der Waals surface area (Å²) in [6.45, 7) is 2.22. The molecule has 9 heteroatoms. The van der Waals surface area contributed by atoms with E-state index >= 15 is 8.78 Å². The van der Waals surface area contributed by atoms with Gasteiger partial charge in [-0.1, -0.05) is 36.4 Å². The van der Waals surface area contributed by atoms with Crippen LogP contribution in [0, 0.1) is 5.92 Å². The van der Waals surface area contributed by atoms with Gasteiger partial charge in [0.15, 0.2) is 5.83 Å². The molecule has 1 saturated heterocycles. The van der Waals surface area contributed by atoms with E-state index in [1.54, 1.807) is 4.90 Å². The first-order chi connectivity index (χ1) is 13.3. The molecule has 1 N–H and O–H groups in total. The number of anilines is 1. The fourth-order valence-electron chi connectivity index (χ4n) is 3.74. The number of hydrogen-bond acceptors (Lipinski definition) is 4. The van der Waals surface area contributed by atoms with Crippen molar-refractivity contribution in [2.45, 2.75) is 11.8 Å². The first-order valence-electron chi connectivity index (χ1n) is 8.83. The number of aromatic nitrogens is 2. The molecule has 2 unspecified atom stereocenters. The Labute approximate surface area is 157 Å². The molecule has 2 heterocycles. The summed E-state index contributed by atoms with van der Waals surface area (Å²) in [5.41, 5.74) is -3.79. The molecule has 4 nitrogen and oxygen atoms in total. The summed E-state index contributed by atoms with van der Waals surface area (Å²) in [6, 6.07) is 6.57. The van der Waals surface area contributed by atoms with Crippen molar-refractivity contribution in [2.75, 3.05) is 31.1 Å². The number of nitrogens with zero attached hydrogens (tertiary/aromatic N) is 3. The van der Waals surface area contributed by atoms with E-state index in [-0.39, 0.29) is 11.0 Å². The molecule has 1 fully saturated rings. The van der Waals surface area contributed by atoms with Gasteiger partial charge in [-0.25, -0.2) is 18.7 Å². The van der Waals surface area contributed by atoms with Crippen LogP contribution in [0.15, 0.2) is 36.7 Å². The Morgan fingerprint density at radius 3 is 2.39 bits per heavy atom. The van der Waals surface area contributed by atoms with Gasteiger partial charge in [0.25, 0.3) is 0 Å². The molecule has 1 aliphatic carbocycles. The van der Waals surface area contributed by atoms with Crippen molar-refractivity contribution in [3.63, 3.8) is 0 Å². The largest absolute Gasteiger partial charge is 0.399 e. The van der Waals surface area contributed by atoms with Crippen LogP contribution in [0.2, 0.25) is 0 Å². The maximum atomic E-state index is 15.9. The number of nitrogens with one attached hydrogen (secondary N) is 1. The number of hydrogen-bond donors (Lipinski definition) is 1. The first kappa shape index (κ1) is 18.8. The zero-order chi connectivity index (χ0) is 19.9. The average Bonchev–Trinajstić information content (AvgIpc) is 2.70. The minimum absolute atomic E-state index is 0.117. The fraction of sp³-hybridized carbons (Fsp3) is 0.368. The number of benzene rings is 1. The van der Waals surface area contributed by atoms with Crippen LogP contribution in [0.25, 0.3) is 11.9 Å². The molecule has 2 aliphatic rings. The van der Waals surface area contributed by atoms with Crippen molar-refractivity contribution in [3.05, 3.63) is 52.8 Å². The highest BCUT2D eigenvalue weighted by Crippen LogP contribution is 2.50. The van der Waals surface area contributed by atoms with Gasteiger partial charge in [0.1, 0.15) is 23.4 Å². The number of rotatable bonds is 2. The lowest BCUT2D eigenvalue weighted by Crippen LogP contribution is -2.53. The van der Waals surface area contributed by atoms with Crippen molar-refractivity contribution < 1.29 is 22.0 Å². The molecule has 2 atom stereocenters. The molecule has 0 radical (unpaired) electrons. The lowest BCUT2D eigenvalue weighted by atomic mass is 9.78. The van der Waals surface area contributed by atoms with E-state index in [9.17, 15) is 13.2 Å². The summed E-state index contributed by atoms with van der Waals surface area (Å²) >= 11 is 0. The SMILES string of the molecule is FC1=c2ncnc(N3CCNCC3)c2=CC(C(F)(F)F)C1(F)c1ccccc1. The number of piperazine rings is 1. The third kappa shape index (κ3) is 2.94. The van der Waals surface area contributed by atoms with E-state index < -0.39 is 34.5 Å². The second-order valence-electron chi connectivity index (χ2n) is 6.77. The van der Waals surface area contributed by atoms with Gasteiger partial charge in [0.05, 0.1) is 0 Å². The van der Waals surface area contributed by atoms with Gasteiger partial charge in [-0.15, -0.1) is 0 Å². The van der Waals surface area contributed by atoms with E-state index in [0.717, 1.165) is 24.5 Å². The van der Waals surface area contributed by atoms with Crippen molar-refractivity contribution in [1.29, 1.82) is 0 Å². The van der Waals surface area contributed by atoms with Gasteiger partial charge in [0, 0.05) is 31.4 Å². The Morgan fingerprint density at radius 1 is 1.07 bits per heavy atom. The minimum Gasteiger partial charge on any atom is -0.353 e. The summed E-state index contributed by atoms with van der Waals surface area (Å²) in [7, 11) is 0. The molecule has 0 saturated carbocycles. The van der Waals surface area contributed by atoms with Gasteiger partial charge in [-0.2, -0.15) is 13.2 Å². The third-order valence-electron chi connectivity index (χ3n) is 5.12. The minimum atomic E-state index is -5.00. The highest BCUT2D eigenvalue weighted by molar-refractivity contribution is 5.63. The van der Waals surface area contributed by atoms with Crippen molar-refractivity contribution in [3.8, 4) is 0 Å². The van der Waals surface area contributed by atoms with Gasteiger partial charge < -0.3 is 10.2 Å². The summed E-state index contributed by atoms with van der Waals surface area (Å²) in [5.74, 6) is -4.05. The van der Waals surface area contributed by atoms with Crippen LogP contribution in [0.5, 0.6) is 0 Å². The monoisotopic (exact) mass is 396 g/mol. The lowest BCUT2D eigenvalue weighted by molar-refractivity contribution is -0.184. The molecule has 28 heavy (non-hydrogen) atoms. The van der Waals surface area contributed by atoms with Crippen LogP contribution in [0.1, 0.15) is 5.56 Å². The topological polar surface area (TPSA) is 41.1 Å². The summed E-state index contributed by atoms with van der Waals surface area (Å²) in [5, 5.41) is 2.57. The summed E-state index contributed by atoms with van der Waals surface area (Å²) in [4.78, 5) is 9.61. The Bertz CT molecular complexity index is 986. The molecule has 1 aromatic carbocycles. The molecule has 0 spiro atoms. The van der Waals surface area contributed by atoms with Crippen molar-refractivity contribution in [2.24, 2.45) is 5.92 Å². The molecule has 4 rings (SSSR count). The molecular weight excluding hydrogens is 379 g/mol. The van der Waals surface area contributed by atoms with Crippen LogP contribution in [-0.4, -0.2) is 42.3 Å². The maximum absolute atomic E-state index is 15.9. The van der Waals surface area contributed by atoms with E-state index in [1.165, 1.54) is 18.2 Å². The zero-order valence-electron chi connectivity index (χ0n) is 14.7. The van der Waals surface area contributed by atoms with Crippen LogP contribution < -0.4 is 20.8 Å². The molecule has 1 aliphatic heterocycles. The predicted octanol–water partition coefficient (Wildman–Crippen LogP) is 1.80. The van der Waals surface area contributed by atoms with Crippen LogP contribution in [0.3, 0.4) is 0 Å². The molecule has 1 aromatic heterocycles. The van der Waals surface area contributed by atoms with Crippen molar-refractivity contribution in [1.82, 2.24) is 15.3 Å². The Balaban J connectivity index is 2.00. The van der Waals surface area contributed by atoms with E-state index in [0.29, 0.717) is 26.2 Å². The average molecular weight is 396 g/mol. The van der Waals surface area contributed by atoms with Crippen LogP contribution in [0.4, 0.5) is 27.8 Å². The standard InChI is InChI=1S/C19H17F5N4/c20-16-15-13(17(27-11-26-15)28-8-6-25-7-9-28)10-14(19(22,23)24)18(16,21)12-4-2-1-3-5-12/h1-5,10-11,14,25H,6-9H2. The van der Waals surface area contributed by atoms with Gasteiger partial charge in [0.2, 0.25) is 5.67 Å². The van der Waals surface area contributed by atoms with Crippen molar-refractivity contribution >= 4 is 17.7 Å². The van der Waals surface area contributed by atoms with Crippen LogP contribution >= 0.6 is 0 Å². The second kappa shape index (κ2) is 6.80. The molecular formula is C19H17F5N4. The van der Waals surface area contributed by atoms with Gasteiger partial charge in [-0.3, -0.25) is 0 Å². The third-order valence-corrected chi connectivity index (χ3v) is 5.12. The highest BCUT2D eigenvalue weighted by Gasteiger charge is 2.58. The quantitative estimate of drug-likeness (QED) is 0.787. The first-order valence-corrected chi connectivity index (χ1v) is 8.83. The number of fused-ring (bicyclic) bond motifs is 1. The van der Waals surface area contributed by atoms with Gasteiger partial charge in [-0.05, 0) is 5.56 Å². The maximum Gasteiger partial charge on any atom is 0.399 e. The van der Waals surface area contributed by atoms with Gasteiger partial charge >= 0.3 is 6.18 Å². The molecule has 0 bridgehead atoms. The van der Waals surface area contributed by atoms with E-state index in [4.69, 9.17) is 0 Å². The fourth-order valence-corrected chi connectivity index (χ4v) is 3.74. The second-order valence-corrected chi connectivity index (χ2v) is 6.77. The number of halogens is 5. The summed E-state index contributed by atoms with van der Waals surface area (Å²) < 4.78 is 72.7. The number of alkyl halides is 4. The molecule has 2 aromatic rings. The molecule has 148 valence electrons. The summed E-state index contributed by atoms with van der Waals surface area (Å²) in [6.07, 6.45) is -3.22. The Morgan fingerprint density at radius 2 is 1.75 bits per heavy atom. The van der Waals surface area contributed by atoms with Crippen LogP contribution in [-0.2, 0) is 5.67 Å². The normalized spacial score (nSPS) is 25.2. The zero-order valence-corrected chi connectivity index (χ0v) is 14.7. The predicted molar refractivity (Wildman–Crippen MR) is 94.1 cm³/mol. The molecule has 0 amide bonds. The lowest BCUT2D eigenvalue weighted by Gasteiger charge is -2.35.